The van der Waals surface area contributed by atoms with Crippen molar-refractivity contribution < 1.29 is 17.6 Å². The van der Waals surface area contributed by atoms with Crippen LogP contribution in [0.3, 0.4) is 0 Å². The van der Waals surface area contributed by atoms with Crippen LogP contribution >= 0.6 is 0 Å². The molecule has 1 aliphatic rings. The van der Waals surface area contributed by atoms with Crippen LogP contribution < -0.4 is 15.8 Å². The average Bonchev–Trinajstić information content (AvgIpc) is 2.57. The van der Waals surface area contributed by atoms with Crippen molar-refractivity contribution in [3.63, 3.8) is 0 Å². The predicted octanol–water partition coefficient (Wildman–Crippen LogP) is 2.96. The molecule has 1 N–H and O–H groups in total. The van der Waals surface area contributed by atoms with Crippen molar-refractivity contribution in [2.45, 2.75) is 19.1 Å². The molecule has 0 amide bonds. The number of halogens is 4. The summed E-state index contributed by atoms with van der Waals surface area (Å²) in [4.78, 5) is 13.5. The van der Waals surface area contributed by atoms with Crippen LogP contribution in [0, 0.1) is 5.82 Å². The van der Waals surface area contributed by atoms with Crippen LogP contribution in [-0.2, 0) is 26.2 Å². The minimum atomic E-state index is -4.70. The predicted molar refractivity (Wildman–Crippen MR) is 86.6 cm³/mol. The van der Waals surface area contributed by atoms with E-state index in [1.807, 2.05) is 0 Å². The first-order chi connectivity index (χ1) is 11.7. The third-order valence-corrected chi connectivity index (χ3v) is 4.48. The summed E-state index contributed by atoms with van der Waals surface area (Å²) in [5, 5.41) is 3.15. The molecular formula is C17H17F4N3O. The van der Waals surface area contributed by atoms with Crippen molar-refractivity contribution in [1.82, 2.24) is 9.88 Å². The normalized spacial score (nSPS) is 14.3. The van der Waals surface area contributed by atoms with Crippen LogP contribution in [0.15, 0.2) is 29.1 Å². The Hall–Kier alpha value is -2.35. The second-order valence-electron chi connectivity index (χ2n) is 6.00. The minimum Gasteiger partial charge on any atom is -0.344 e. The number of pyridine rings is 1. The first-order valence-electron chi connectivity index (χ1n) is 7.73. The number of hydrogen-bond donors (Lipinski definition) is 1. The Kier molecular flexibility index (Phi) is 4.32. The number of nitrogens with zero attached hydrogens (tertiary/aromatic N) is 2. The van der Waals surface area contributed by atoms with Gasteiger partial charge in [0.2, 0.25) is 0 Å². The van der Waals surface area contributed by atoms with E-state index in [0.717, 1.165) is 23.4 Å². The van der Waals surface area contributed by atoms with Crippen LogP contribution in [0.25, 0.3) is 0 Å². The number of nitrogens with one attached hydrogen (secondary N) is 1. The first kappa shape index (κ1) is 17.5. The zero-order chi connectivity index (χ0) is 18.4. The van der Waals surface area contributed by atoms with E-state index in [4.69, 9.17) is 0 Å². The summed E-state index contributed by atoms with van der Waals surface area (Å²) in [5.74, 6) is -0.959. The van der Waals surface area contributed by atoms with E-state index < -0.39 is 17.6 Å². The third-order valence-electron chi connectivity index (χ3n) is 4.48. The van der Waals surface area contributed by atoms with Gasteiger partial charge in [0.1, 0.15) is 5.82 Å². The molecular weight excluding hydrogens is 338 g/mol. The molecule has 1 aliphatic heterocycles. The van der Waals surface area contributed by atoms with Gasteiger partial charge in [-0.25, -0.2) is 4.39 Å². The summed E-state index contributed by atoms with van der Waals surface area (Å²) < 4.78 is 54.8. The van der Waals surface area contributed by atoms with Gasteiger partial charge in [-0.2, -0.15) is 13.2 Å². The number of alkyl halides is 3. The van der Waals surface area contributed by atoms with Gasteiger partial charge in [0.15, 0.2) is 0 Å². The highest BCUT2D eigenvalue weighted by atomic mass is 19.4. The van der Waals surface area contributed by atoms with Crippen LogP contribution in [0.1, 0.15) is 16.8 Å². The van der Waals surface area contributed by atoms with Crippen molar-refractivity contribution in [2.24, 2.45) is 7.05 Å². The Balaban J connectivity index is 2.19. The maximum Gasteiger partial charge on any atom is 0.418 e. The maximum atomic E-state index is 13.4. The molecule has 0 radical (unpaired) electrons. The molecule has 8 heteroatoms. The lowest BCUT2D eigenvalue weighted by Crippen LogP contribution is -2.33. The molecule has 1 aromatic heterocycles. The molecule has 0 spiro atoms. The highest BCUT2D eigenvalue weighted by Gasteiger charge is 2.35. The van der Waals surface area contributed by atoms with Gasteiger partial charge >= 0.3 is 6.18 Å². The van der Waals surface area contributed by atoms with Crippen LogP contribution in [0.5, 0.6) is 0 Å². The molecule has 0 aliphatic carbocycles. The van der Waals surface area contributed by atoms with Gasteiger partial charge < -0.3 is 14.8 Å². The Labute approximate surface area is 141 Å². The minimum absolute atomic E-state index is 0.192. The van der Waals surface area contributed by atoms with Gasteiger partial charge in [-0.05, 0) is 36.7 Å². The fourth-order valence-corrected chi connectivity index (χ4v) is 3.16. The molecule has 0 fully saturated rings. The molecule has 134 valence electrons. The van der Waals surface area contributed by atoms with Gasteiger partial charge in [0, 0.05) is 32.4 Å². The summed E-state index contributed by atoms with van der Waals surface area (Å²) in [6.07, 6.45) is -4.11. The van der Waals surface area contributed by atoms with Crippen molar-refractivity contribution in [1.29, 1.82) is 0 Å². The van der Waals surface area contributed by atoms with E-state index in [9.17, 15) is 22.4 Å². The SMILES string of the molecule is CN(c1ccc(F)cc1C(F)(F)F)c1cc(=O)n(C)c2c1CCNC2. The Morgan fingerprint density at radius 3 is 2.60 bits per heavy atom. The maximum absolute atomic E-state index is 13.4. The molecule has 0 atom stereocenters. The van der Waals surface area contributed by atoms with Crippen molar-refractivity contribution in [3.05, 3.63) is 57.3 Å². The number of hydrogen-bond acceptors (Lipinski definition) is 3. The second kappa shape index (κ2) is 6.18. The Morgan fingerprint density at radius 2 is 1.92 bits per heavy atom. The topological polar surface area (TPSA) is 37.3 Å². The van der Waals surface area contributed by atoms with Crippen LogP contribution in [0.2, 0.25) is 0 Å². The molecule has 2 aromatic rings. The molecule has 0 saturated heterocycles. The number of fused-ring (bicyclic) bond motifs is 1. The van der Waals surface area contributed by atoms with Crippen molar-refractivity contribution >= 4 is 11.4 Å². The van der Waals surface area contributed by atoms with E-state index >= 15 is 0 Å². The Bertz CT molecular complexity index is 873. The lowest BCUT2D eigenvalue weighted by atomic mass is 10.0. The summed E-state index contributed by atoms with van der Waals surface area (Å²) in [7, 11) is 3.09. The van der Waals surface area contributed by atoms with Crippen LogP contribution in [0.4, 0.5) is 28.9 Å². The lowest BCUT2D eigenvalue weighted by molar-refractivity contribution is -0.137. The number of anilines is 2. The smallest absolute Gasteiger partial charge is 0.344 e. The molecule has 3 rings (SSSR count). The van der Waals surface area contributed by atoms with Gasteiger partial charge in [-0.3, -0.25) is 4.79 Å². The van der Waals surface area contributed by atoms with Gasteiger partial charge in [-0.1, -0.05) is 0 Å². The summed E-state index contributed by atoms with van der Waals surface area (Å²) >= 11 is 0. The van der Waals surface area contributed by atoms with Gasteiger partial charge in [0.25, 0.3) is 5.56 Å². The van der Waals surface area contributed by atoms with E-state index in [2.05, 4.69) is 5.32 Å². The van der Waals surface area contributed by atoms with E-state index in [1.54, 1.807) is 7.05 Å². The summed E-state index contributed by atoms with van der Waals surface area (Å²) in [6.45, 7) is 1.14. The number of aromatic nitrogens is 1. The number of rotatable bonds is 2. The molecule has 2 heterocycles. The Morgan fingerprint density at radius 1 is 1.20 bits per heavy atom. The third kappa shape index (κ3) is 3.13. The fourth-order valence-electron chi connectivity index (χ4n) is 3.16. The molecule has 0 unspecified atom stereocenters. The zero-order valence-electron chi connectivity index (χ0n) is 13.7. The largest absolute Gasteiger partial charge is 0.418 e. The van der Waals surface area contributed by atoms with Crippen molar-refractivity contribution in [3.8, 4) is 0 Å². The average molecular weight is 355 g/mol. The van der Waals surface area contributed by atoms with Gasteiger partial charge in [-0.15, -0.1) is 0 Å². The second-order valence-corrected chi connectivity index (χ2v) is 6.00. The summed E-state index contributed by atoms with van der Waals surface area (Å²) in [5.41, 5.74) is 0.412. The zero-order valence-corrected chi connectivity index (χ0v) is 13.7. The van der Waals surface area contributed by atoms with Gasteiger partial charge in [0.05, 0.1) is 16.9 Å². The highest BCUT2D eigenvalue weighted by molar-refractivity contribution is 5.69. The monoisotopic (exact) mass is 355 g/mol. The molecule has 1 aromatic carbocycles. The first-order valence-corrected chi connectivity index (χ1v) is 7.73. The summed E-state index contributed by atoms with van der Waals surface area (Å²) in [6, 6.07) is 3.87. The van der Waals surface area contributed by atoms with Crippen molar-refractivity contribution in [2.75, 3.05) is 18.5 Å². The quantitative estimate of drug-likeness (QED) is 0.842. The fraction of sp³-hybridized carbons (Fsp3) is 0.353. The van der Waals surface area contributed by atoms with E-state index in [-0.39, 0.29) is 11.2 Å². The standard InChI is InChI=1S/C17H17F4N3O/c1-23(13-4-3-10(18)7-12(13)17(19,20)21)14-8-16(25)24(2)15-9-22-6-5-11(14)15/h3-4,7-8,22H,5-6,9H2,1-2H3. The van der Waals surface area contributed by atoms with E-state index in [0.29, 0.717) is 31.3 Å². The highest BCUT2D eigenvalue weighted by Crippen LogP contribution is 2.40. The lowest BCUT2D eigenvalue weighted by Gasteiger charge is -2.29. The molecule has 0 bridgehead atoms. The number of benzene rings is 1. The molecule has 4 nitrogen and oxygen atoms in total. The molecule has 0 saturated carbocycles. The van der Waals surface area contributed by atoms with Crippen LogP contribution in [-0.4, -0.2) is 18.2 Å². The van der Waals surface area contributed by atoms with E-state index in [1.165, 1.54) is 22.6 Å². The molecule has 25 heavy (non-hydrogen) atoms.